The molecule has 0 bridgehead atoms. The molecule has 4 nitrogen and oxygen atoms in total. The van der Waals surface area contributed by atoms with Crippen LogP contribution in [0.15, 0.2) is 6.07 Å². The number of aryl methyl sites for hydroxylation is 1. The van der Waals surface area contributed by atoms with Gasteiger partial charge in [-0.05, 0) is 25.5 Å². The van der Waals surface area contributed by atoms with Crippen molar-refractivity contribution < 1.29 is 19.4 Å². The highest BCUT2D eigenvalue weighted by atomic mass is 35.5. The number of hydrogen-bond acceptors (Lipinski definition) is 3. The molecule has 1 rings (SSSR count). The quantitative estimate of drug-likeness (QED) is 0.652. The van der Waals surface area contributed by atoms with Gasteiger partial charge in [-0.1, -0.05) is 11.6 Å². The molecule has 86 valence electrons. The first-order chi connectivity index (χ1) is 7.40. The number of ketones is 1. The lowest BCUT2D eigenvalue weighted by molar-refractivity contribution is -0.131. The molecule has 1 N–H and O–H groups in total. The van der Waals surface area contributed by atoms with Crippen LogP contribution in [0.1, 0.15) is 21.5 Å². The second-order valence-corrected chi connectivity index (χ2v) is 3.73. The Hall–Kier alpha value is -1.55. The lowest BCUT2D eigenvalue weighted by Crippen LogP contribution is -2.15. The number of hydrogen-bond donors (Lipinski definition) is 1. The molecular formula is C11H11ClO4. The van der Waals surface area contributed by atoms with E-state index in [1.807, 2.05) is 0 Å². The van der Waals surface area contributed by atoms with E-state index in [1.54, 1.807) is 13.8 Å². The molecule has 0 aliphatic heterocycles. The minimum atomic E-state index is -1.51. The molecule has 0 radical (unpaired) electrons. The summed E-state index contributed by atoms with van der Waals surface area (Å²) >= 11 is 5.98. The molecule has 0 aromatic heterocycles. The zero-order valence-corrected chi connectivity index (χ0v) is 9.88. The van der Waals surface area contributed by atoms with Gasteiger partial charge in [0.05, 0.1) is 17.7 Å². The number of carboxylic acids is 1. The summed E-state index contributed by atoms with van der Waals surface area (Å²) in [6, 6.07) is 1.42. The van der Waals surface area contributed by atoms with Gasteiger partial charge < -0.3 is 9.84 Å². The number of Topliss-reactive ketones (excluding diaryl/α,β-unsaturated/α-hetero) is 1. The zero-order valence-electron chi connectivity index (χ0n) is 9.13. The van der Waals surface area contributed by atoms with E-state index in [0.717, 1.165) is 0 Å². The summed E-state index contributed by atoms with van der Waals surface area (Å²) in [5.41, 5.74) is 1.23. The maximum atomic E-state index is 11.4. The van der Waals surface area contributed by atoms with Crippen LogP contribution in [0.4, 0.5) is 0 Å². The Kier molecular flexibility index (Phi) is 3.55. The Balaban J connectivity index is 3.51. The number of halogens is 1. The Morgan fingerprint density at radius 3 is 2.38 bits per heavy atom. The lowest BCUT2D eigenvalue weighted by atomic mass is 10.0. The molecule has 0 heterocycles. The van der Waals surface area contributed by atoms with Gasteiger partial charge in [-0.25, -0.2) is 4.79 Å². The zero-order chi connectivity index (χ0) is 12.5. The average Bonchev–Trinajstić information content (AvgIpc) is 2.24. The number of methoxy groups -OCH3 is 1. The van der Waals surface area contributed by atoms with E-state index in [2.05, 4.69) is 0 Å². The van der Waals surface area contributed by atoms with E-state index >= 15 is 0 Å². The number of benzene rings is 1. The van der Waals surface area contributed by atoms with Crippen LogP contribution in [0.3, 0.4) is 0 Å². The molecule has 1 aromatic carbocycles. The number of carbonyl (C=O) groups excluding carboxylic acids is 1. The SMILES string of the molecule is COc1c(C(=O)C(=O)O)cc(C)c(Cl)c1C. The normalized spacial score (nSPS) is 10.0. The largest absolute Gasteiger partial charge is 0.496 e. The first kappa shape index (κ1) is 12.5. The Morgan fingerprint density at radius 1 is 1.38 bits per heavy atom. The van der Waals surface area contributed by atoms with Crippen LogP contribution in [0.25, 0.3) is 0 Å². The predicted molar refractivity (Wildman–Crippen MR) is 59.4 cm³/mol. The number of rotatable bonds is 3. The molecule has 16 heavy (non-hydrogen) atoms. The van der Waals surface area contributed by atoms with Crippen molar-refractivity contribution in [2.24, 2.45) is 0 Å². The van der Waals surface area contributed by atoms with Crippen molar-refractivity contribution in [1.82, 2.24) is 0 Å². The second-order valence-electron chi connectivity index (χ2n) is 3.35. The first-order valence-corrected chi connectivity index (χ1v) is 4.89. The van der Waals surface area contributed by atoms with Gasteiger partial charge in [-0.15, -0.1) is 0 Å². The molecule has 1 aromatic rings. The number of carbonyl (C=O) groups is 2. The van der Waals surface area contributed by atoms with Gasteiger partial charge in [0.2, 0.25) is 0 Å². The van der Waals surface area contributed by atoms with Gasteiger partial charge in [0, 0.05) is 5.56 Å². The molecule has 0 saturated carbocycles. The van der Waals surface area contributed by atoms with Crippen molar-refractivity contribution >= 4 is 23.4 Å². The van der Waals surface area contributed by atoms with Crippen LogP contribution in [-0.2, 0) is 4.79 Å². The molecule has 0 amide bonds. The van der Waals surface area contributed by atoms with E-state index in [4.69, 9.17) is 21.4 Å². The van der Waals surface area contributed by atoms with Crippen LogP contribution in [0.2, 0.25) is 5.02 Å². The topological polar surface area (TPSA) is 63.6 Å². The van der Waals surface area contributed by atoms with E-state index in [0.29, 0.717) is 16.1 Å². The average molecular weight is 243 g/mol. The third-order valence-corrected chi connectivity index (χ3v) is 2.85. The molecule has 0 fully saturated rings. The Labute approximate surface area is 97.8 Å². The number of carboxylic acid groups (broad SMARTS) is 1. The first-order valence-electron chi connectivity index (χ1n) is 4.51. The Bertz CT molecular complexity index is 466. The van der Waals surface area contributed by atoms with Gasteiger partial charge in [-0.3, -0.25) is 4.79 Å². The van der Waals surface area contributed by atoms with Crippen LogP contribution in [0.5, 0.6) is 5.75 Å². The van der Waals surface area contributed by atoms with E-state index in [1.165, 1.54) is 13.2 Å². The highest BCUT2D eigenvalue weighted by Crippen LogP contribution is 2.32. The maximum Gasteiger partial charge on any atom is 0.377 e. The smallest absolute Gasteiger partial charge is 0.377 e. The van der Waals surface area contributed by atoms with Crippen molar-refractivity contribution in [2.45, 2.75) is 13.8 Å². The summed E-state index contributed by atoms with van der Waals surface area (Å²) in [4.78, 5) is 22.1. The number of ether oxygens (including phenoxy) is 1. The lowest BCUT2D eigenvalue weighted by Gasteiger charge is -2.12. The van der Waals surface area contributed by atoms with Gasteiger partial charge in [0.25, 0.3) is 5.78 Å². The van der Waals surface area contributed by atoms with Gasteiger partial charge in [-0.2, -0.15) is 0 Å². The van der Waals surface area contributed by atoms with E-state index in [9.17, 15) is 9.59 Å². The fourth-order valence-electron chi connectivity index (χ4n) is 1.49. The second kappa shape index (κ2) is 4.53. The summed E-state index contributed by atoms with van der Waals surface area (Å²) in [5, 5.41) is 9.14. The fourth-order valence-corrected chi connectivity index (χ4v) is 1.63. The van der Waals surface area contributed by atoms with Crippen molar-refractivity contribution in [3.63, 3.8) is 0 Å². The van der Waals surface area contributed by atoms with Gasteiger partial charge in [0.15, 0.2) is 0 Å². The molecular weight excluding hydrogens is 232 g/mol. The third kappa shape index (κ3) is 2.02. The molecule has 5 heteroatoms. The van der Waals surface area contributed by atoms with Crippen LogP contribution < -0.4 is 4.74 Å². The number of aliphatic carboxylic acids is 1. The molecule has 0 aliphatic rings. The van der Waals surface area contributed by atoms with Crippen LogP contribution in [0, 0.1) is 13.8 Å². The van der Waals surface area contributed by atoms with Crippen molar-refractivity contribution in [2.75, 3.05) is 7.11 Å². The predicted octanol–water partition coefficient (Wildman–Crippen LogP) is 2.23. The van der Waals surface area contributed by atoms with E-state index < -0.39 is 11.8 Å². The summed E-state index contributed by atoms with van der Waals surface area (Å²) in [5.74, 6) is -2.30. The highest BCUT2D eigenvalue weighted by molar-refractivity contribution is 6.41. The minimum absolute atomic E-state index is 0.0226. The summed E-state index contributed by atoms with van der Waals surface area (Å²) < 4.78 is 5.01. The fraction of sp³-hybridized carbons (Fsp3) is 0.273. The minimum Gasteiger partial charge on any atom is -0.496 e. The molecule has 0 atom stereocenters. The summed E-state index contributed by atoms with van der Waals surface area (Å²) in [6.07, 6.45) is 0. The van der Waals surface area contributed by atoms with E-state index in [-0.39, 0.29) is 11.3 Å². The molecule has 0 saturated heterocycles. The van der Waals surface area contributed by atoms with Gasteiger partial charge in [0.1, 0.15) is 5.75 Å². The van der Waals surface area contributed by atoms with Crippen molar-refractivity contribution in [1.29, 1.82) is 0 Å². The Morgan fingerprint density at radius 2 is 1.94 bits per heavy atom. The van der Waals surface area contributed by atoms with Crippen molar-refractivity contribution in [3.05, 3.63) is 27.8 Å². The molecule has 0 aliphatic carbocycles. The van der Waals surface area contributed by atoms with Crippen molar-refractivity contribution in [3.8, 4) is 5.75 Å². The summed E-state index contributed by atoms with van der Waals surface area (Å²) in [7, 11) is 1.37. The standard InChI is InChI=1S/C11H11ClO4/c1-5-4-7(9(13)11(14)15)10(16-3)6(2)8(5)12/h4H,1-3H3,(H,14,15). The van der Waals surface area contributed by atoms with Crippen LogP contribution >= 0.6 is 11.6 Å². The summed E-state index contributed by atoms with van der Waals surface area (Å²) in [6.45, 7) is 3.38. The third-order valence-electron chi connectivity index (χ3n) is 2.26. The molecule has 0 spiro atoms. The van der Waals surface area contributed by atoms with Crippen LogP contribution in [-0.4, -0.2) is 24.0 Å². The highest BCUT2D eigenvalue weighted by Gasteiger charge is 2.22. The molecule has 0 unspecified atom stereocenters. The monoisotopic (exact) mass is 242 g/mol. The van der Waals surface area contributed by atoms with Gasteiger partial charge >= 0.3 is 5.97 Å². The maximum absolute atomic E-state index is 11.4.